The first kappa shape index (κ1) is 29.3. The number of halogens is 1. The minimum absolute atomic E-state index is 0.160. The highest BCUT2D eigenvalue weighted by atomic mass is 35.5. The van der Waals surface area contributed by atoms with E-state index in [9.17, 15) is 19.6 Å². The maximum atomic E-state index is 13.9. The van der Waals surface area contributed by atoms with Crippen LogP contribution in [0.5, 0.6) is 5.75 Å². The van der Waals surface area contributed by atoms with Gasteiger partial charge in [0.2, 0.25) is 0 Å². The van der Waals surface area contributed by atoms with Crippen LogP contribution >= 0.6 is 19.2 Å². The van der Waals surface area contributed by atoms with Crippen LogP contribution in [-0.2, 0) is 29.0 Å². The number of hydrogen-bond donors (Lipinski definition) is 3. The van der Waals surface area contributed by atoms with Crippen LogP contribution in [0.3, 0.4) is 0 Å². The first-order chi connectivity index (χ1) is 18.3. The van der Waals surface area contributed by atoms with E-state index >= 15 is 0 Å². The lowest BCUT2D eigenvalue weighted by atomic mass is 9.81. The van der Waals surface area contributed by atoms with E-state index in [2.05, 4.69) is 10.1 Å². The van der Waals surface area contributed by atoms with Gasteiger partial charge in [-0.1, -0.05) is 18.5 Å². The van der Waals surface area contributed by atoms with Crippen LogP contribution in [0.1, 0.15) is 33.4 Å². The van der Waals surface area contributed by atoms with Gasteiger partial charge in [-0.25, -0.2) is 14.1 Å². The molecule has 1 aromatic carbocycles. The predicted octanol–water partition coefficient (Wildman–Crippen LogP) is 3.18. The number of aliphatic hydroxyl groups excluding tert-OH is 1. The maximum absolute atomic E-state index is 13.9. The van der Waals surface area contributed by atoms with E-state index in [1.165, 1.54) is 29.9 Å². The van der Waals surface area contributed by atoms with Gasteiger partial charge in [-0.3, -0.25) is 9.32 Å². The monoisotopic (exact) mass is 582 g/mol. The number of carbonyl (C=O) groups is 1. The molecule has 2 aromatic heterocycles. The minimum Gasteiger partial charge on any atom is -0.466 e. The molecule has 14 heteroatoms. The number of aliphatic hydroxyl groups is 2. The Labute approximate surface area is 230 Å². The number of nitrogens with zero attached hydrogens (tertiary/aromatic N) is 3. The van der Waals surface area contributed by atoms with Crippen molar-refractivity contribution in [1.82, 2.24) is 14.6 Å². The zero-order valence-corrected chi connectivity index (χ0v) is 23.6. The average Bonchev–Trinajstić information content (AvgIpc) is 3.39. The first-order valence-corrected chi connectivity index (χ1v) is 14.4. The van der Waals surface area contributed by atoms with Gasteiger partial charge in [0, 0.05) is 5.02 Å². The highest BCUT2D eigenvalue weighted by molar-refractivity contribution is 7.54. The molecule has 0 aliphatic carbocycles. The minimum atomic E-state index is -4.02. The summed E-state index contributed by atoms with van der Waals surface area (Å²) in [7, 11) is -4.02. The summed E-state index contributed by atoms with van der Waals surface area (Å²) < 4.78 is 38.1. The lowest BCUT2D eigenvalue weighted by molar-refractivity contribution is -0.146. The Balaban J connectivity index is 1.59. The van der Waals surface area contributed by atoms with E-state index < -0.39 is 49.5 Å². The second-order valence-corrected chi connectivity index (χ2v) is 12.2. The molecule has 4 N–H and O–H groups in total. The van der Waals surface area contributed by atoms with E-state index in [-0.39, 0.29) is 24.3 Å². The van der Waals surface area contributed by atoms with Crippen molar-refractivity contribution >= 4 is 36.5 Å². The summed E-state index contributed by atoms with van der Waals surface area (Å²) in [5.41, 5.74) is 3.55. The molecule has 0 spiro atoms. The molecule has 4 rings (SSSR count). The molecule has 0 saturated carbocycles. The summed E-state index contributed by atoms with van der Waals surface area (Å²) in [6, 6.07) is 9.49. The fourth-order valence-electron chi connectivity index (χ4n) is 4.54. The van der Waals surface area contributed by atoms with Crippen LogP contribution in [-0.4, -0.2) is 68.0 Å². The van der Waals surface area contributed by atoms with Gasteiger partial charge >= 0.3 is 13.6 Å². The fraction of sp³-hybridized carbons (Fsp3) is 0.480. The van der Waals surface area contributed by atoms with E-state index in [4.69, 9.17) is 35.9 Å². The summed E-state index contributed by atoms with van der Waals surface area (Å²) in [4.78, 5) is 16.2. The van der Waals surface area contributed by atoms with Gasteiger partial charge in [0.15, 0.2) is 5.82 Å². The number of nitrogen functional groups attached to an aromatic ring is 1. The van der Waals surface area contributed by atoms with Crippen LogP contribution in [0.25, 0.3) is 5.52 Å². The average molecular weight is 583 g/mol. The Morgan fingerprint density at radius 3 is 2.64 bits per heavy atom. The summed E-state index contributed by atoms with van der Waals surface area (Å²) in [5, 5.41) is 27.2. The van der Waals surface area contributed by atoms with E-state index in [1.54, 1.807) is 45.0 Å². The lowest BCUT2D eigenvalue weighted by Crippen LogP contribution is -2.51. The number of fused-ring (bicyclic) bond motifs is 1. The quantitative estimate of drug-likeness (QED) is 0.237. The molecule has 3 aromatic rings. The molecule has 3 heterocycles. The molecular weight excluding hydrogens is 551 g/mol. The van der Waals surface area contributed by atoms with Crippen molar-refractivity contribution in [3.8, 4) is 5.75 Å². The molecule has 39 heavy (non-hydrogen) atoms. The molecule has 212 valence electrons. The standard InChI is InChI=1S/C25H32ClN4O8P/c1-5-35-23(32)15(2)13-39(34,38-17-8-6-16(26)7-9-17)36-12-19-21(31)24(3,33)25(4,37-19)20-11-10-18-22(27)28-14-29-30(18)20/h6-11,14-15,19,21,31,33H,5,12-13H2,1-4H3,(H2,27,28,29)/t15-,19-,21-,24-,25+,39?/m1/s1. The second-order valence-electron chi connectivity index (χ2n) is 9.73. The highest BCUT2D eigenvalue weighted by Gasteiger charge is 2.62. The molecule has 0 radical (unpaired) electrons. The molecule has 1 fully saturated rings. The van der Waals surface area contributed by atoms with Crippen LogP contribution < -0.4 is 10.3 Å². The smallest absolute Gasteiger partial charge is 0.380 e. The number of esters is 1. The number of ether oxygens (including phenoxy) is 2. The number of benzene rings is 1. The van der Waals surface area contributed by atoms with Crippen molar-refractivity contribution < 1.29 is 38.1 Å². The number of anilines is 1. The third-order valence-electron chi connectivity index (χ3n) is 6.93. The van der Waals surface area contributed by atoms with Crippen LogP contribution in [0, 0.1) is 5.92 Å². The number of carbonyl (C=O) groups excluding carboxylic acids is 1. The van der Waals surface area contributed by atoms with Crippen molar-refractivity contribution in [1.29, 1.82) is 0 Å². The predicted molar refractivity (Wildman–Crippen MR) is 143 cm³/mol. The zero-order chi connectivity index (χ0) is 28.6. The van der Waals surface area contributed by atoms with Gasteiger partial charge < -0.3 is 29.9 Å². The number of rotatable bonds is 10. The third kappa shape index (κ3) is 5.63. The van der Waals surface area contributed by atoms with Gasteiger partial charge in [0.1, 0.15) is 41.0 Å². The van der Waals surface area contributed by atoms with E-state index in [0.717, 1.165) is 0 Å². The molecule has 0 amide bonds. The van der Waals surface area contributed by atoms with Gasteiger partial charge in [0.05, 0.1) is 31.0 Å². The Morgan fingerprint density at radius 2 is 1.97 bits per heavy atom. The molecule has 12 nitrogen and oxygen atoms in total. The molecule has 6 atom stereocenters. The molecular formula is C25H32ClN4O8P. The number of aromatic nitrogens is 3. The van der Waals surface area contributed by atoms with Gasteiger partial charge in [-0.15, -0.1) is 0 Å². The first-order valence-electron chi connectivity index (χ1n) is 12.3. The second kappa shape index (κ2) is 11.0. The lowest BCUT2D eigenvalue weighted by Gasteiger charge is -2.35. The highest BCUT2D eigenvalue weighted by Crippen LogP contribution is 2.52. The molecule has 1 unspecified atom stereocenters. The summed E-state index contributed by atoms with van der Waals surface area (Å²) in [5.74, 6) is -0.937. The van der Waals surface area contributed by atoms with Crippen LogP contribution in [0.4, 0.5) is 5.82 Å². The zero-order valence-electron chi connectivity index (χ0n) is 22.0. The Bertz CT molecular complexity index is 1380. The fourth-order valence-corrected chi connectivity index (χ4v) is 6.54. The largest absolute Gasteiger partial charge is 0.466 e. The third-order valence-corrected chi connectivity index (χ3v) is 9.21. The molecule has 1 aliphatic heterocycles. The van der Waals surface area contributed by atoms with Crippen molar-refractivity contribution in [3.05, 3.63) is 53.4 Å². The molecule has 0 bridgehead atoms. The topological polar surface area (TPSA) is 168 Å². The molecule has 1 saturated heterocycles. The van der Waals surface area contributed by atoms with Crippen molar-refractivity contribution in [2.45, 2.75) is 51.1 Å². The Hall–Kier alpha value is -2.73. The Morgan fingerprint density at radius 1 is 1.28 bits per heavy atom. The molecule has 1 aliphatic rings. The van der Waals surface area contributed by atoms with Crippen LogP contribution in [0.15, 0.2) is 42.7 Å². The maximum Gasteiger partial charge on any atom is 0.380 e. The number of hydrogen-bond acceptors (Lipinski definition) is 11. The summed E-state index contributed by atoms with van der Waals surface area (Å²) >= 11 is 5.95. The van der Waals surface area contributed by atoms with Crippen molar-refractivity contribution in [3.63, 3.8) is 0 Å². The normalized spacial score (nSPS) is 27.3. The Kier molecular flexibility index (Phi) is 8.28. The van der Waals surface area contributed by atoms with E-state index in [0.29, 0.717) is 16.2 Å². The van der Waals surface area contributed by atoms with Crippen molar-refractivity contribution in [2.75, 3.05) is 25.1 Å². The SMILES string of the molecule is CCOC(=O)[C@H](C)CP(=O)(OC[C@H]1O[C@@](C)(c2ccc3c(N)ncnn23)[C@](C)(O)[C@@H]1O)Oc1ccc(Cl)cc1. The van der Waals surface area contributed by atoms with Gasteiger partial charge in [0.25, 0.3) is 0 Å². The van der Waals surface area contributed by atoms with Crippen molar-refractivity contribution in [2.24, 2.45) is 5.92 Å². The van der Waals surface area contributed by atoms with E-state index in [1.807, 2.05) is 0 Å². The van der Waals surface area contributed by atoms with Crippen LogP contribution in [0.2, 0.25) is 5.02 Å². The summed E-state index contributed by atoms with van der Waals surface area (Å²) in [6.45, 7) is 5.98. The summed E-state index contributed by atoms with van der Waals surface area (Å²) in [6.07, 6.45) is -1.62. The van der Waals surface area contributed by atoms with Gasteiger partial charge in [-0.2, -0.15) is 5.10 Å². The number of nitrogens with two attached hydrogens (primary N) is 1. The van der Waals surface area contributed by atoms with Gasteiger partial charge in [-0.05, 0) is 57.2 Å².